The van der Waals surface area contributed by atoms with Crippen LogP contribution in [0.5, 0.6) is 0 Å². The summed E-state index contributed by atoms with van der Waals surface area (Å²) in [5.74, 6) is 1.52. The molecule has 22 aromatic rings. The lowest BCUT2D eigenvalue weighted by Gasteiger charge is -2.15. The van der Waals surface area contributed by atoms with E-state index in [9.17, 15) is 0 Å². The minimum Gasteiger partial charge on any atom is -0.306 e. The predicted molar refractivity (Wildman–Crippen MR) is 451 cm³/mol. The van der Waals surface area contributed by atoms with Crippen LogP contribution in [0.2, 0.25) is 0 Å². The second-order valence-electron chi connectivity index (χ2n) is 28.0. The zero-order chi connectivity index (χ0) is 73.7. The molecule has 522 valence electrons. The summed E-state index contributed by atoms with van der Waals surface area (Å²) in [5.41, 5.74) is 31.2. The Kier molecular flexibility index (Phi) is 14.9. The minimum absolute atomic E-state index is 0.757. The lowest BCUT2D eigenvalue weighted by atomic mass is 9.93. The Morgan fingerprint density at radius 3 is 0.938 bits per heavy atom. The second-order valence-corrected chi connectivity index (χ2v) is 28.0. The van der Waals surface area contributed by atoms with Crippen molar-refractivity contribution in [2.24, 2.45) is 0 Å². The Morgan fingerprint density at radius 2 is 0.518 bits per heavy atom. The van der Waals surface area contributed by atoms with Crippen molar-refractivity contribution in [1.82, 2.24) is 68.1 Å². The fourth-order valence-electron chi connectivity index (χ4n) is 16.7. The fraction of sp³-hybridized carbons (Fsp3) is 0. The first kappa shape index (κ1) is 63.7. The standard InChI is InChI=1S/C98H60N14/c1-4-22-71(81-25-7-10-46-100-81)68(19-1)61-37-42-85-76(53-61)95-89(30-15-49-103-95)109(85)66-58-67(60-99-59-66)110-86-43-38-63(54-77(86)96-90(110)31-16-50-104-96)70-21-3-6-24-73(70)84-29-13-28-80(107-84)65-36-41-74(83-27-9-12-48-102-83)75(57-65)64-40-45-88-79(56-64)98-92(33-18-52-106-98)112(88)94-35-14-34-93(108-94)111-87-44-39-62(55-78(87)97-91(111)32-17-51-105-97)69-20-2-5-23-72(69)82-26-8-11-47-101-82/h1-60H. The van der Waals surface area contributed by atoms with Gasteiger partial charge in [0.1, 0.15) is 11.6 Å². The average Bonchev–Trinajstić information content (AvgIpc) is 1.58. The molecule has 0 saturated carbocycles. The highest BCUT2D eigenvalue weighted by molar-refractivity contribution is 6.13. The van der Waals surface area contributed by atoms with Gasteiger partial charge in [0.2, 0.25) is 0 Å². The van der Waals surface area contributed by atoms with Crippen LogP contribution >= 0.6 is 0 Å². The van der Waals surface area contributed by atoms with Gasteiger partial charge in [-0.3, -0.25) is 49.0 Å². The van der Waals surface area contributed by atoms with E-state index in [2.05, 4.69) is 267 Å². The van der Waals surface area contributed by atoms with E-state index < -0.39 is 0 Å². The fourth-order valence-corrected chi connectivity index (χ4v) is 16.7. The predicted octanol–water partition coefficient (Wildman–Crippen LogP) is 23.0. The first-order valence-electron chi connectivity index (χ1n) is 37.2. The molecule has 112 heavy (non-hydrogen) atoms. The molecule has 0 aliphatic heterocycles. The quantitative estimate of drug-likeness (QED) is 0.109. The first-order valence-corrected chi connectivity index (χ1v) is 37.2. The van der Waals surface area contributed by atoms with Crippen molar-refractivity contribution in [2.45, 2.75) is 0 Å². The number of hydrogen-bond acceptors (Lipinski definition) is 10. The van der Waals surface area contributed by atoms with Crippen LogP contribution in [-0.2, 0) is 0 Å². The van der Waals surface area contributed by atoms with Gasteiger partial charge in [0.05, 0.1) is 118 Å². The maximum Gasteiger partial charge on any atom is 0.140 e. The van der Waals surface area contributed by atoms with Crippen LogP contribution in [0.25, 0.3) is 212 Å². The van der Waals surface area contributed by atoms with Crippen LogP contribution in [0.3, 0.4) is 0 Å². The summed E-state index contributed by atoms with van der Waals surface area (Å²) in [6.07, 6.45) is 16.9. The highest BCUT2D eigenvalue weighted by atomic mass is 15.1. The van der Waals surface area contributed by atoms with Gasteiger partial charge in [-0.25, -0.2) is 9.97 Å². The van der Waals surface area contributed by atoms with E-state index in [-0.39, 0.29) is 0 Å². The third-order valence-corrected chi connectivity index (χ3v) is 21.7. The molecule has 0 fully saturated rings. The number of benzene rings is 8. The van der Waals surface area contributed by atoms with Crippen molar-refractivity contribution in [3.63, 3.8) is 0 Å². The molecule has 14 aromatic heterocycles. The Labute approximate surface area is 640 Å². The van der Waals surface area contributed by atoms with Gasteiger partial charge in [-0.1, -0.05) is 140 Å². The molecule has 0 amide bonds. The molecule has 8 aromatic carbocycles. The second kappa shape index (κ2) is 26.2. The number of pyridine rings is 10. The number of aromatic nitrogens is 14. The molecule has 0 unspecified atom stereocenters. The van der Waals surface area contributed by atoms with Crippen molar-refractivity contribution in [2.75, 3.05) is 0 Å². The topological polar surface area (TPSA) is 149 Å². The van der Waals surface area contributed by atoms with Gasteiger partial charge in [0.15, 0.2) is 0 Å². The summed E-state index contributed by atoms with van der Waals surface area (Å²) in [5, 5.41) is 4.08. The van der Waals surface area contributed by atoms with E-state index in [1.165, 1.54) is 0 Å². The summed E-state index contributed by atoms with van der Waals surface area (Å²) >= 11 is 0. The summed E-state index contributed by atoms with van der Waals surface area (Å²) in [4.78, 5) is 50.6. The molecule has 22 rings (SSSR count). The maximum atomic E-state index is 5.53. The SMILES string of the molecule is c1ccc(-c2ccccc2-c2ccc3c(c2)c2ncccc2n3-c2cncc(-n3c4ccc(-c5ccccc5-c5cccc(-c6ccc(-c7ccccn7)c(-c7ccc8c(c7)c7ncccc7n8-c7cccc(-n8c9ccc(-c%10ccccc%10-c%10ccccn%10)cc9c9ncccc98)n7)c6)n5)cc4c4ncccc43)c2)nc1. The molecule has 14 heterocycles. The molecule has 0 radical (unpaired) electrons. The van der Waals surface area contributed by atoms with E-state index in [1.54, 1.807) is 0 Å². The van der Waals surface area contributed by atoms with Gasteiger partial charge >= 0.3 is 0 Å². The normalized spacial score (nSPS) is 11.8. The number of hydrogen-bond donors (Lipinski definition) is 0. The van der Waals surface area contributed by atoms with Crippen LogP contribution < -0.4 is 0 Å². The molecule has 0 saturated heterocycles. The Morgan fingerprint density at radius 1 is 0.188 bits per heavy atom. The zero-order valence-electron chi connectivity index (χ0n) is 59.9. The number of nitrogens with zero attached hydrogens (tertiary/aromatic N) is 14. The summed E-state index contributed by atoms with van der Waals surface area (Å²) < 4.78 is 9.00. The zero-order valence-corrected chi connectivity index (χ0v) is 59.9. The Balaban J connectivity index is 0.606. The molecule has 0 aliphatic carbocycles. The van der Waals surface area contributed by atoms with Gasteiger partial charge in [-0.15, -0.1) is 0 Å². The Bertz CT molecular complexity index is 7530. The van der Waals surface area contributed by atoms with Gasteiger partial charge in [-0.2, -0.15) is 0 Å². The minimum atomic E-state index is 0.757. The molecule has 14 nitrogen and oxygen atoms in total. The summed E-state index contributed by atoms with van der Waals surface area (Å²) in [7, 11) is 0. The van der Waals surface area contributed by atoms with Crippen LogP contribution in [0, 0.1) is 0 Å². The van der Waals surface area contributed by atoms with Gasteiger partial charge < -0.3 is 9.13 Å². The van der Waals surface area contributed by atoms with E-state index >= 15 is 0 Å². The van der Waals surface area contributed by atoms with Crippen molar-refractivity contribution < 1.29 is 0 Å². The van der Waals surface area contributed by atoms with Crippen LogP contribution in [0.15, 0.2) is 365 Å². The summed E-state index contributed by atoms with van der Waals surface area (Å²) in [6.45, 7) is 0. The lowest BCUT2D eigenvalue weighted by Crippen LogP contribution is -2.03. The number of rotatable bonds is 13. The molecule has 0 spiro atoms. The van der Waals surface area contributed by atoms with Gasteiger partial charge in [0.25, 0.3) is 0 Å². The molecule has 0 bridgehead atoms. The molecule has 14 heteroatoms. The highest BCUT2D eigenvalue weighted by Crippen LogP contribution is 2.45. The van der Waals surface area contributed by atoms with E-state index in [0.29, 0.717) is 0 Å². The summed E-state index contributed by atoms with van der Waals surface area (Å²) in [6, 6.07) is 108. The average molecular weight is 1430 g/mol. The molecular formula is C98H60N14. The van der Waals surface area contributed by atoms with Crippen molar-refractivity contribution in [3.05, 3.63) is 365 Å². The Hall–Kier alpha value is -15.5. The molecule has 0 aliphatic rings. The molecular weight excluding hydrogens is 1370 g/mol. The highest BCUT2D eigenvalue weighted by Gasteiger charge is 2.25. The van der Waals surface area contributed by atoms with Crippen LogP contribution in [0.4, 0.5) is 0 Å². The lowest BCUT2D eigenvalue weighted by molar-refractivity contribution is 1.01. The third kappa shape index (κ3) is 10.5. The molecule has 0 N–H and O–H groups in total. The smallest absolute Gasteiger partial charge is 0.140 e. The van der Waals surface area contributed by atoms with E-state index in [4.69, 9.17) is 49.8 Å². The van der Waals surface area contributed by atoms with E-state index in [1.807, 2.05) is 116 Å². The molecule has 0 atom stereocenters. The van der Waals surface area contributed by atoms with Crippen molar-refractivity contribution in [1.29, 1.82) is 0 Å². The van der Waals surface area contributed by atoms with Crippen molar-refractivity contribution in [3.8, 4) is 124 Å². The van der Waals surface area contributed by atoms with Gasteiger partial charge in [-0.05, 0) is 214 Å². The van der Waals surface area contributed by atoms with Crippen LogP contribution in [-0.4, -0.2) is 68.1 Å². The third-order valence-electron chi connectivity index (χ3n) is 21.7. The largest absolute Gasteiger partial charge is 0.306 e. The first-order chi connectivity index (χ1) is 55.6. The van der Waals surface area contributed by atoms with Crippen LogP contribution in [0.1, 0.15) is 0 Å². The maximum absolute atomic E-state index is 5.53. The number of fused-ring (bicyclic) bond motifs is 12. The monoisotopic (exact) mass is 1430 g/mol. The van der Waals surface area contributed by atoms with Crippen molar-refractivity contribution >= 4 is 87.7 Å². The van der Waals surface area contributed by atoms with Gasteiger partial charge in [0, 0.05) is 92.7 Å². The van der Waals surface area contributed by atoms with E-state index in [0.717, 1.165) is 212 Å².